The van der Waals surface area contributed by atoms with Gasteiger partial charge in [-0.1, -0.05) is 23.7 Å². The van der Waals surface area contributed by atoms with E-state index in [2.05, 4.69) is 5.32 Å². The summed E-state index contributed by atoms with van der Waals surface area (Å²) in [5.41, 5.74) is 1.07. The highest BCUT2D eigenvalue weighted by Crippen LogP contribution is 2.34. The molecule has 0 radical (unpaired) electrons. The lowest BCUT2D eigenvalue weighted by molar-refractivity contribution is -0.137. The van der Waals surface area contributed by atoms with E-state index in [0.29, 0.717) is 22.4 Å². The van der Waals surface area contributed by atoms with Crippen molar-refractivity contribution >= 4 is 35.2 Å². The molecule has 0 aliphatic heterocycles. The number of carboxylic acids is 1. The molecule has 1 aromatic rings. The number of nitrogens with one attached hydrogen (secondary N) is 1. The van der Waals surface area contributed by atoms with E-state index < -0.39 is 5.97 Å². The van der Waals surface area contributed by atoms with Gasteiger partial charge < -0.3 is 10.4 Å². The van der Waals surface area contributed by atoms with Gasteiger partial charge in [-0.25, -0.2) is 0 Å². The van der Waals surface area contributed by atoms with Crippen molar-refractivity contribution in [3.63, 3.8) is 0 Å². The predicted octanol–water partition coefficient (Wildman–Crippen LogP) is 2.94. The van der Waals surface area contributed by atoms with Crippen LogP contribution in [0.4, 0.5) is 0 Å². The molecule has 1 amide bonds. The predicted molar refractivity (Wildman–Crippen MR) is 84.5 cm³/mol. The first-order valence-corrected chi connectivity index (χ1v) is 8.41. The molecule has 0 saturated heterocycles. The quantitative estimate of drug-likeness (QED) is 0.770. The van der Waals surface area contributed by atoms with Crippen LogP contribution in [0.15, 0.2) is 24.3 Å². The lowest BCUT2D eigenvalue weighted by Crippen LogP contribution is -2.39. The normalized spacial score (nSPS) is 15.5. The molecule has 6 heteroatoms. The molecule has 1 aliphatic carbocycles. The molecule has 1 unspecified atom stereocenters. The fourth-order valence-corrected chi connectivity index (χ4v) is 3.16. The first kappa shape index (κ1) is 16.2. The number of carbonyl (C=O) groups excluding carboxylic acids is 1. The number of hydrogen-bond acceptors (Lipinski definition) is 3. The topological polar surface area (TPSA) is 66.4 Å². The zero-order chi connectivity index (χ0) is 15.2. The van der Waals surface area contributed by atoms with E-state index in [9.17, 15) is 9.59 Å². The van der Waals surface area contributed by atoms with E-state index in [1.807, 2.05) is 24.3 Å². The molecule has 21 heavy (non-hydrogen) atoms. The van der Waals surface area contributed by atoms with Crippen molar-refractivity contribution in [2.75, 3.05) is 5.75 Å². The van der Waals surface area contributed by atoms with Gasteiger partial charge in [0.25, 0.3) is 0 Å². The van der Waals surface area contributed by atoms with Crippen LogP contribution in [0.2, 0.25) is 5.02 Å². The first-order chi connectivity index (χ1) is 10.0. The van der Waals surface area contributed by atoms with Crippen LogP contribution in [0.25, 0.3) is 0 Å². The second-order valence-electron chi connectivity index (χ2n) is 5.23. The van der Waals surface area contributed by atoms with Crippen LogP contribution in [0.1, 0.15) is 24.8 Å². The number of halogens is 1. The van der Waals surface area contributed by atoms with Crippen molar-refractivity contribution in [2.24, 2.45) is 5.92 Å². The molecule has 4 nitrogen and oxygen atoms in total. The highest BCUT2D eigenvalue weighted by atomic mass is 35.5. The van der Waals surface area contributed by atoms with Crippen molar-refractivity contribution in [1.29, 1.82) is 0 Å². The fraction of sp³-hybridized carbons (Fsp3) is 0.467. The summed E-state index contributed by atoms with van der Waals surface area (Å²) in [7, 11) is 0. The Hall–Kier alpha value is -1.20. The summed E-state index contributed by atoms with van der Waals surface area (Å²) in [6, 6.07) is 7.32. The summed E-state index contributed by atoms with van der Waals surface area (Å²) in [6.45, 7) is 0. The third-order valence-electron chi connectivity index (χ3n) is 3.32. The lowest BCUT2D eigenvalue weighted by Gasteiger charge is -2.16. The number of hydrogen-bond donors (Lipinski definition) is 2. The minimum Gasteiger partial charge on any atom is -0.481 e. The van der Waals surface area contributed by atoms with Crippen LogP contribution in [-0.4, -0.2) is 28.8 Å². The monoisotopic (exact) mass is 327 g/mol. The molecule has 0 spiro atoms. The number of rotatable bonds is 8. The summed E-state index contributed by atoms with van der Waals surface area (Å²) in [5, 5.41) is 12.4. The Morgan fingerprint density at radius 3 is 2.81 bits per heavy atom. The summed E-state index contributed by atoms with van der Waals surface area (Å²) < 4.78 is 0. The molecule has 1 saturated carbocycles. The molecule has 0 bridgehead atoms. The maximum Gasteiger partial charge on any atom is 0.305 e. The molecule has 0 aromatic heterocycles. The smallest absolute Gasteiger partial charge is 0.305 e. The van der Waals surface area contributed by atoms with Gasteiger partial charge >= 0.3 is 5.97 Å². The Morgan fingerprint density at radius 1 is 1.43 bits per heavy atom. The van der Waals surface area contributed by atoms with Gasteiger partial charge in [-0.3, -0.25) is 9.59 Å². The van der Waals surface area contributed by atoms with Crippen molar-refractivity contribution in [2.45, 2.75) is 31.1 Å². The van der Waals surface area contributed by atoms with Gasteiger partial charge in [0.1, 0.15) is 0 Å². The van der Waals surface area contributed by atoms with E-state index >= 15 is 0 Å². The van der Waals surface area contributed by atoms with Crippen molar-refractivity contribution in [3.8, 4) is 0 Å². The van der Waals surface area contributed by atoms with Gasteiger partial charge in [0.15, 0.2) is 0 Å². The van der Waals surface area contributed by atoms with Gasteiger partial charge in [-0.2, -0.15) is 0 Å². The lowest BCUT2D eigenvalue weighted by atomic mass is 10.1. The summed E-state index contributed by atoms with van der Waals surface area (Å²) in [6.07, 6.45) is 2.02. The second kappa shape index (κ2) is 7.71. The molecule has 1 fully saturated rings. The van der Waals surface area contributed by atoms with Gasteiger partial charge in [0.2, 0.25) is 5.91 Å². The zero-order valence-corrected chi connectivity index (χ0v) is 13.1. The molecule has 1 aromatic carbocycles. The highest BCUT2D eigenvalue weighted by Gasteiger charge is 2.33. The fourth-order valence-electron chi connectivity index (χ4n) is 2.16. The Balaban J connectivity index is 1.72. The van der Waals surface area contributed by atoms with Crippen molar-refractivity contribution < 1.29 is 14.7 Å². The number of amides is 1. The largest absolute Gasteiger partial charge is 0.481 e. The van der Waals surface area contributed by atoms with Crippen molar-refractivity contribution in [3.05, 3.63) is 34.9 Å². The summed E-state index contributed by atoms with van der Waals surface area (Å²) in [5.74, 6) is 0.415. The van der Waals surface area contributed by atoms with Crippen LogP contribution >= 0.6 is 23.4 Å². The maximum absolute atomic E-state index is 11.9. The molecule has 114 valence electrons. The Kier molecular flexibility index (Phi) is 5.94. The summed E-state index contributed by atoms with van der Waals surface area (Å²) >= 11 is 7.40. The van der Waals surface area contributed by atoms with E-state index in [4.69, 9.17) is 16.7 Å². The van der Waals surface area contributed by atoms with Crippen LogP contribution in [0.5, 0.6) is 0 Å². The maximum atomic E-state index is 11.9. The molecular weight excluding hydrogens is 310 g/mol. The summed E-state index contributed by atoms with van der Waals surface area (Å²) in [4.78, 5) is 22.7. The molecule has 1 aliphatic rings. The molecule has 2 N–H and O–H groups in total. The third-order valence-corrected chi connectivity index (χ3v) is 4.56. The van der Waals surface area contributed by atoms with E-state index in [1.165, 1.54) is 11.8 Å². The van der Waals surface area contributed by atoms with Gasteiger partial charge in [-0.15, -0.1) is 11.8 Å². The number of aliphatic carboxylic acids is 1. The zero-order valence-electron chi connectivity index (χ0n) is 11.5. The Bertz CT molecular complexity index is 519. The number of benzene rings is 1. The van der Waals surface area contributed by atoms with Crippen LogP contribution in [0, 0.1) is 5.92 Å². The minimum absolute atomic E-state index is 0.00929. The molecule has 0 heterocycles. The Labute approximate surface area is 133 Å². The minimum atomic E-state index is -0.862. The standard InChI is InChI=1S/C15H18ClNO3S/c16-12-3-1-2-10(6-12)8-21-9-14(18)17-13(7-15(19)20)11-4-5-11/h1-3,6,11,13H,4-5,7-9H2,(H,17,18)(H,19,20). The van der Waals surface area contributed by atoms with Gasteiger partial charge in [-0.05, 0) is 36.5 Å². The van der Waals surface area contributed by atoms with E-state index in [1.54, 1.807) is 0 Å². The molecule has 1 atom stereocenters. The number of thioether (sulfide) groups is 1. The van der Waals surface area contributed by atoms with Crippen LogP contribution in [-0.2, 0) is 15.3 Å². The average molecular weight is 328 g/mol. The average Bonchev–Trinajstić information content (AvgIpc) is 3.21. The molecule has 2 rings (SSSR count). The van der Waals surface area contributed by atoms with Gasteiger partial charge in [0.05, 0.1) is 12.2 Å². The Morgan fingerprint density at radius 2 is 2.19 bits per heavy atom. The molecular formula is C15H18ClNO3S. The van der Waals surface area contributed by atoms with Gasteiger partial charge in [0, 0.05) is 16.8 Å². The SMILES string of the molecule is O=C(O)CC(NC(=O)CSCc1cccc(Cl)c1)C1CC1. The third kappa shape index (κ3) is 5.98. The highest BCUT2D eigenvalue weighted by molar-refractivity contribution is 7.99. The van der Waals surface area contributed by atoms with Crippen LogP contribution in [0.3, 0.4) is 0 Å². The number of carboxylic acid groups (broad SMARTS) is 1. The van der Waals surface area contributed by atoms with Crippen LogP contribution < -0.4 is 5.32 Å². The van der Waals surface area contributed by atoms with Crippen molar-refractivity contribution in [1.82, 2.24) is 5.32 Å². The first-order valence-electron chi connectivity index (χ1n) is 6.88. The van der Waals surface area contributed by atoms with E-state index in [-0.39, 0.29) is 18.4 Å². The number of carbonyl (C=O) groups is 2. The van der Waals surface area contributed by atoms with E-state index in [0.717, 1.165) is 18.4 Å². The second-order valence-corrected chi connectivity index (χ2v) is 6.65.